The third kappa shape index (κ3) is 7.16. The Morgan fingerprint density at radius 3 is 2.47 bits per heavy atom. The molecule has 0 aromatic carbocycles. The van der Waals surface area contributed by atoms with Crippen molar-refractivity contribution in [2.24, 2.45) is 0 Å². The number of nitrogens with one attached hydrogen (secondary N) is 1. The van der Waals surface area contributed by atoms with E-state index in [4.69, 9.17) is 9.47 Å². The summed E-state index contributed by atoms with van der Waals surface area (Å²) in [6.07, 6.45) is 0.662. The van der Waals surface area contributed by atoms with Crippen molar-refractivity contribution in [1.29, 1.82) is 0 Å². The second kappa shape index (κ2) is 7.49. The lowest BCUT2D eigenvalue weighted by atomic mass is 10.3. The summed E-state index contributed by atoms with van der Waals surface area (Å²) in [5.41, 5.74) is 1.01. The second-order valence-electron chi connectivity index (χ2n) is 3.69. The molecule has 0 saturated heterocycles. The molecule has 0 aliphatic rings. The van der Waals surface area contributed by atoms with Gasteiger partial charge in [-0.3, -0.25) is 5.32 Å². The first kappa shape index (κ1) is 15.2. The molecule has 0 aliphatic carbocycles. The highest BCUT2D eigenvalue weighted by atomic mass is 16.6. The van der Waals surface area contributed by atoms with E-state index >= 15 is 0 Å². The Morgan fingerprint density at radius 2 is 2.00 bits per heavy atom. The molecule has 5 heteroatoms. The summed E-state index contributed by atoms with van der Waals surface area (Å²) >= 11 is 0. The summed E-state index contributed by atoms with van der Waals surface area (Å²) in [5.74, 6) is -0.495. The molecular weight excluding hydrogens is 222 g/mol. The average Bonchev–Trinajstić information content (AvgIpc) is 2.25. The predicted octanol–water partition coefficient (Wildman–Crippen LogP) is 2.14. The average molecular weight is 241 g/mol. The molecule has 17 heavy (non-hydrogen) atoms. The highest BCUT2D eigenvalue weighted by molar-refractivity contribution is 5.86. The number of alkyl carbamates (subject to hydrolysis) is 1. The van der Waals surface area contributed by atoms with Crippen LogP contribution in [0.4, 0.5) is 4.79 Å². The first-order valence-corrected chi connectivity index (χ1v) is 5.30. The molecule has 1 unspecified atom stereocenters. The van der Waals surface area contributed by atoms with Gasteiger partial charge in [0.05, 0.1) is 0 Å². The van der Waals surface area contributed by atoms with E-state index in [0.717, 1.165) is 0 Å². The molecule has 1 amide bonds. The number of amides is 1. The van der Waals surface area contributed by atoms with Crippen LogP contribution in [0.5, 0.6) is 0 Å². The van der Waals surface area contributed by atoms with Gasteiger partial charge in [0, 0.05) is 11.3 Å². The Hall–Kier alpha value is -1.78. The summed E-state index contributed by atoms with van der Waals surface area (Å²) in [4.78, 5) is 22.3. The van der Waals surface area contributed by atoms with E-state index in [1.165, 1.54) is 0 Å². The number of carbonyl (C=O) groups is 2. The van der Waals surface area contributed by atoms with Crippen molar-refractivity contribution in [3.8, 4) is 0 Å². The number of hydrogen-bond donors (Lipinski definition) is 1. The highest BCUT2D eigenvalue weighted by Crippen LogP contribution is 1.98. The van der Waals surface area contributed by atoms with Crippen LogP contribution in [0.3, 0.4) is 0 Å². The van der Waals surface area contributed by atoms with Gasteiger partial charge in [-0.1, -0.05) is 12.7 Å². The summed E-state index contributed by atoms with van der Waals surface area (Å²) in [7, 11) is 0. The highest BCUT2D eigenvalue weighted by Gasteiger charge is 2.12. The molecule has 96 valence electrons. The summed E-state index contributed by atoms with van der Waals surface area (Å²) in [6, 6.07) is 0. The largest absolute Gasteiger partial charge is 0.458 e. The number of carbonyl (C=O) groups excluding carboxylic acids is 2. The Morgan fingerprint density at radius 1 is 1.41 bits per heavy atom. The SMILES string of the molecule is C=C(C)C(=O)OCC(C)OC(=O)N/C(C)=C\C. The van der Waals surface area contributed by atoms with E-state index in [0.29, 0.717) is 11.3 Å². The van der Waals surface area contributed by atoms with Crippen LogP contribution < -0.4 is 5.32 Å². The third-order valence-electron chi connectivity index (χ3n) is 1.84. The topological polar surface area (TPSA) is 64.6 Å². The van der Waals surface area contributed by atoms with Crippen molar-refractivity contribution in [1.82, 2.24) is 5.32 Å². The summed E-state index contributed by atoms with van der Waals surface area (Å²) in [5, 5.41) is 2.51. The van der Waals surface area contributed by atoms with E-state index in [2.05, 4.69) is 11.9 Å². The fraction of sp³-hybridized carbons (Fsp3) is 0.500. The molecule has 1 N–H and O–H groups in total. The number of rotatable bonds is 5. The molecule has 0 aromatic rings. The smallest absolute Gasteiger partial charge is 0.411 e. The van der Waals surface area contributed by atoms with Crippen LogP contribution >= 0.6 is 0 Å². The molecule has 1 atom stereocenters. The number of ether oxygens (including phenoxy) is 2. The molecule has 0 saturated carbocycles. The minimum atomic E-state index is -0.570. The molecule has 0 radical (unpaired) electrons. The van der Waals surface area contributed by atoms with Crippen molar-refractivity contribution < 1.29 is 19.1 Å². The fourth-order valence-electron chi connectivity index (χ4n) is 0.796. The zero-order chi connectivity index (χ0) is 13.4. The van der Waals surface area contributed by atoms with E-state index < -0.39 is 18.2 Å². The normalized spacial score (nSPS) is 12.6. The lowest BCUT2D eigenvalue weighted by Gasteiger charge is -2.14. The van der Waals surface area contributed by atoms with Gasteiger partial charge in [0.2, 0.25) is 0 Å². The zero-order valence-electron chi connectivity index (χ0n) is 10.7. The van der Waals surface area contributed by atoms with Gasteiger partial charge in [-0.15, -0.1) is 0 Å². The molecular formula is C12H19NO4. The molecule has 5 nitrogen and oxygen atoms in total. The molecule has 0 bridgehead atoms. The number of hydrogen-bond acceptors (Lipinski definition) is 4. The monoisotopic (exact) mass is 241 g/mol. The first-order chi connectivity index (χ1) is 7.86. The molecule has 0 aliphatic heterocycles. The van der Waals surface area contributed by atoms with Crippen LogP contribution in [0.25, 0.3) is 0 Å². The quantitative estimate of drug-likeness (QED) is 0.591. The zero-order valence-corrected chi connectivity index (χ0v) is 10.7. The van der Waals surface area contributed by atoms with Gasteiger partial charge in [0.15, 0.2) is 0 Å². The van der Waals surface area contributed by atoms with Gasteiger partial charge in [-0.25, -0.2) is 9.59 Å². The van der Waals surface area contributed by atoms with Crippen molar-refractivity contribution in [3.63, 3.8) is 0 Å². The summed E-state index contributed by atoms with van der Waals surface area (Å²) < 4.78 is 9.79. The lowest BCUT2D eigenvalue weighted by Crippen LogP contribution is -2.29. The van der Waals surface area contributed by atoms with Crippen LogP contribution in [-0.4, -0.2) is 24.8 Å². The Bertz CT molecular complexity index is 333. The standard InChI is InChI=1S/C12H19NO4/c1-6-9(4)13-12(15)17-10(5)7-16-11(14)8(2)3/h6,10H,2,7H2,1,3-5H3,(H,13,15)/b9-6-. The maximum atomic E-state index is 11.3. The third-order valence-corrected chi connectivity index (χ3v) is 1.84. The molecule has 0 rings (SSSR count). The minimum Gasteiger partial charge on any atom is -0.458 e. The van der Waals surface area contributed by atoms with Crippen molar-refractivity contribution in [2.75, 3.05) is 6.61 Å². The van der Waals surface area contributed by atoms with Gasteiger partial charge in [0.1, 0.15) is 12.7 Å². The molecule has 0 spiro atoms. The molecule has 0 fully saturated rings. The Labute approximate surface area is 101 Å². The van der Waals surface area contributed by atoms with E-state index in [9.17, 15) is 9.59 Å². The second-order valence-corrected chi connectivity index (χ2v) is 3.69. The fourth-order valence-corrected chi connectivity index (χ4v) is 0.796. The molecule has 0 heterocycles. The van der Waals surface area contributed by atoms with Crippen molar-refractivity contribution >= 4 is 12.1 Å². The van der Waals surface area contributed by atoms with Crippen LogP contribution in [0.2, 0.25) is 0 Å². The maximum Gasteiger partial charge on any atom is 0.411 e. The molecule has 0 aromatic heterocycles. The van der Waals surface area contributed by atoms with Gasteiger partial charge < -0.3 is 9.47 Å². The van der Waals surface area contributed by atoms with E-state index in [1.807, 2.05) is 0 Å². The van der Waals surface area contributed by atoms with Crippen LogP contribution in [0, 0.1) is 0 Å². The Balaban J connectivity index is 3.94. The summed E-state index contributed by atoms with van der Waals surface area (Å²) in [6.45, 7) is 10.2. The Kier molecular flexibility index (Phi) is 6.70. The van der Waals surface area contributed by atoms with E-state index in [1.54, 1.807) is 33.8 Å². The van der Waals surface area contributed by atoms with Crippen LogP contribution in [-0.2, 0) is 14.3 Å². The maximum absolute atomic E-state index is 11.3. The van der Waals surface area contributed by atoms with Gasteiger partial charge in [-0.05, 0) is 27.7 Å². The van der Waals surface area contributed by atoms with E-state index in [-0.39, 0.29) is 6.61 Å². The first-order valence-electron chi connectivity index (χ1n) is 5.30. The van der Waals surface area contributed by atoms with Gasteiger partial charge >= 0.3 is 12.1 Å². The number of esters is 1. The van der Waals surface area contributed by atoms with Crippen LogP contribution in [0.1, 0.15) is 27.7 Å². The number of allylic oxidation sites excluding steroid dienone is 2. The van der Waals surface area contributed by atoms with Crippen molar-refractivity contribution in [3.05, 3.63) is 23.9 Å². The predicted molar refractivity (Wildman–Crippen MR) is 64.3 cm³/mol. The van der Waals surface area contributed by atoms with Gasteiger partial charge in [-0.2, -0.15) is 0 Å². The van der Waals surface area contributed by atoms with Gasteiger partial charge in [0.25, 0.3) is 0 Å². The minimum absolute atomic E-state index is 0.00794. The van der Waals surface area contributed by atoms with Crippen molar-refractivity contribution in [2.45, 2.75) is 33.8 Å². The lowest BCUT2D eigenvalue weighted by molar-refractivity contribution is -0.141. The van der Waals surface area contributed by atoms with Crippen LogP contribution in [0.15, 0.2) is 23.9 Å².